The van der Waals surface area contributed by atoms with Gasteiger partial charge in [-0.05, 0) is 37.4 Å². The molecule has 21 heavy (non-hydrogen) atoms. The highest BCUT2D eigenvalue weighted by Crippen LogP contribution is 2.39. The van der Waals surface area contributed by atoms with E-state index in [9.17, 15) is 13.5 Å². The molecule has 0 atom stereocenters. The zero-order chi connectivity index (χ0) is 16.9. The second-order valence-electron chi connectivity index (χ2n) is 7.99. The maximum absolute atomic E-state index is 12.8. The average molecular weight is 349 g/mol. The molecule has 122 valence electrons. The minimum atomic E-state index is -3.29. The van der Waals surface area contributed by atoms with Gasteiger partial charge in [0.2, 0.25) is 0 Å². The smallest absolute Gasteiger partial charge is 0.185 e. The molecule has 0 bridgehead atoms. The van der Waals surface area contributed by atoms with Gasteiger partial charge in [0.05, 0.1) is 13.7 Å². The standard InChI is InChI=1S/C15H28O3S2Si/c1-11-12(15(5,6)16)9-13(19-11)20(17,18)10-21(7,8)14(2,3)4/h9,16H,10H2,1-8H3. The molecular formula is C15H28O3S2Si. The fourth-order valence-corrected chi connectivity index (χ4v) is 10.7. The largest absolute Gasteiger partial charge is 0.386 e. The first-order valence-corrected chi connectivity index (χ1v) is 12.8. The van der Waals surface area contributed by atoms with E-state index in [0.29, 0.717) is 9.77 Å². The van der Waals surface area contributed by atoms with E-state index in [0.717, 1.165) is 4.88 Å². The van der Waals surface area contributed by atoms with Crippen molar-refractivity contribution in [1.29, 1.82) is 0 Å². The molecule has 1 aromatic heterocycles. The van der Waals surface area contributed by atoms with E-state index in [1.54, 1.807) is 19.9 Å². The second kappa shape index (κ2) is 5.48. The Morgan fingerprint density at radius 1 is 1.19 bits per heavy atom. The fourth-order valence-electron chi connectivity index (χ4n) is 1.98. The molecule has 1 rings (SSSR count). The van der Waals surface area contributed by atoms with Gasteiger partial charge in [-0.1, -0.05) is 33.9 Å². The van der Waals surface area contributed by atoms with Crippen molar-refractivity contribution in [3.8, 4) is 0 Å². The molecule has 0 fully saturated rings. The summed E-state index contributed by atoms with van der Waals surface area (Å²) < 4.78 is 25.9. The van der Waals surface area contributed by atoms with Gasteiger partial charge in [0.15, 0.2) is 9.84 Å². The average Bonchev–Trinajstić information content (AvgIpc) is 2.56. The minimum Gasteiger partial charge on any atom is -0.386 e. The maximum atomic E-state index is 12.8. The molecule has 0 amide bonds. The summed E-state index contributed by atoms with van der Waals surface area (Å²) >= 11 is 1.27. The Morgan fingerprint density at radius 3 is 2.00 bits per heavy atom. The monoisotopic (exact) mass is 348 g/mol. The molecule has 0 saturated heterocycles. The van der Waals surface area contributed by atoms with Crippen LogP contribution < -0.4 is 0 Å². The topological polar surface area (TPSA) is 54.4 Å². The lowest BCUT2D eigenvalue weighted by Gasteiger charge is -2.36. The molecule has 0 aliphatic carbocycles. The minimum absolute atomic E-state index is 0.0332. The van der Waals surface area contributed by atoms with Crippen LogP contribution in [0.4, 0.5) is 0 Å². The van der Waals surface area contributed by atoms with Gasteiger partial charge in [-0.3, -0.25) is 0 Å². The second-order valence-corrected chi connectivity index (χ2v) is 17.6. The Hall–Kier alpha value is -0.173. The molecule has 6 heteroatoms. The van der Waals surface area contributed by atoms with Crippen molar-refractivity contribution in [1.82, 2.24) is 0 Å². The zero-order valence-electron chi connectivity index (χ0n) is 14.4. The van der Waals surface area contributed by atoms with Crippen LogP contribution in [0, 0.1) is 6.92 Å². The van der Waals surface area contributed by atoms with Crippen LogP contribution in [0.15, 0.2) is 10.3 Å². The molecular weight excluding hydrogens is 320 g/mol. The first-order chi connectivity index (χ1) is 9.08. The van der Waals surface area contributed by atoms with Gasteiger partial charge in [-0.15, -0.1) is 11.3 Å². The summed E-state index contributed by atoms with van der Waals surface area (Å²) in [5.41, 5.74) is -0.299. The van der Waals surface area contributed by atoms with Crippen LogP contribution in [0.5, 0.6) is 0 Å². The van der Waals surface area contributed by atoms with Crippen LogP contribution in [-0.4, -0.2) is 27.0 Å². The first-order valence-electron chi connectivity index (χ1n) is 7.14. The Kier molecular flexibility index (Phi) is 4.92. The lowest BCUT2D eigenvalue weighted by Crippen LogP contribution is -2.44. The normalized spacial score (nSPS) is 14.5. The first kappa shape index (κ1) is 18.9. The van der Waals surface area contributed by atoms with Crippen LogP contribution in [0.2, 0.25) is 18.1 Å². The summed E-state index contributed by atoms with van der Waals surface area (Å²) in [6.07, 6.45) is 0. The highest BCUT2D eigenvalue weighted by molar-refractivity contribution is 7.95. The van der Waals surface area contributed by atoms with Gasteiger partial charge < -0.3 is 5.11 Å². The molecule has 1 aromatic rings. The van der Waals surface area contributed by atoms with Gasteiger partial charge in [-0.2, -0.15) is 0 Å². The van der Waals surface area contributed by atoms with Crippen molar-refractivity contribution in [2.75, 3.05) is 5.38 Å². The quantitative estimate of drug-likeness (QED) is 0.833. The lowest BCUT2D eigenvalue weighted by atomic mass is 10.00. The molecule has 0 aliphatic rings. The van der Waals surface area contributed by atoms with E-state index in [4.69, 9.17) is 0 Å². The summed E-state index contributed by atoms with van der Waals surface area (Å²) in [6, 6.07) is 1.66. The Balaban J connectivity index is 3.23. The van der Waals surface area contributed by atoms with Crippen molar-refractivity contribution in [2.45, 2.75) is 69.5 Å². The number of sulfone groups is 1. The molecule has 3 nitrogen and oxygen atoms in total. The van der Waals surface area contributed by atoms with Crippen LogP contribution >= 0.6 is 11.3 Å². The SMILES string of the molecule is Cc1sc(S(=O)(=O)C[Si](C)(C)C(C)(C)C)cc1C(C)(C)O. The number of aliphatic hydroxyl groups is 1. The molecule has 0 radical (unpaired) electrons. The molecule has 0 unspecified atom stereocenters. The third-order valence-corrected chi connectivity index (χ3v) is 15.5. The summed E-state index contributed by atoms with van der Waals surface area (Å²) in [4.78, 5) is 0.872. The highest BCUT2D eigenvalue weighted by atomic mass is 32.2. The van der Waals surface area contributed by atoms with E-state index in [-0.39, 0.29) is 10.4 Å². The number of hydrogen-bond donors (Lipinski definition) is 1. The summed E-state index contributed by atoms with van der Waals surface area (Å²) in [7, 11) is -5.21. The zero-order valence-corrected chi connectivity index (χ0v) is 17.0. The molecule has 1 N–H and O–H groups in total. The van der Waals surface area contributed by atoms with Crippen molar-refractivity contribution >= 4 is 29.2 Å². The van der Waals surface area contributed by atoms with Crippen molar-refractivity contribution in [2.24, 2.45) is 0 Å². The Morgan fingerprint density at radius 2 is 1.67 bits per heavy atom. The number of rotatable bonds is 4. The van der Waals surface area contributed by atoms with Gasteiger partial charge >= 0.3 is 0 Å². The van der Waals surface area contributed by atoms with Gasteiger partial charge in [-0.25, -0.2) is 8.42 Å². The number of thiophene rings is 1. The third-order valence-electron chi connectivity index (χ3n) is 4.44. The highest BCUT2D eigenvalue weighted by Gasteiger charge is 2.40. The molecule has 0 aliphatic heterocycles. The van der Waals surface area contributed by atoms with E-state index in [1.165, 1.54) is 11.3 Å². The van der Waals surface area contributed by atoms with Gasteiger partial charge in [0.25, 0.3) is 0 Å². The number of aryl methyl sites for hydroxylation is 1. The molecule has 0 aromatic carbocycles. The van der Waals surface area contributed by atoms with E-state index in [2.05, 4.69) is 33.9 Å². The molecule has 0 spiro atoms. The van der Waals surface area contributed by atoms with E-state index >= 15 is 0 Å². The van der Waals surface area contributed by atoms with E-state index in [1.807, 2.05) is 6.92 Å². The Bertz CT molecular complexity index is 614. The van der Waals surface area contributed by atoms with E-state index < -0.39 is 23.5 Å². The van der Waals surface area contributed by atoms with Gasteiger partial charge in [0, 0.05) is 10.3 Å². The van der Waals surface area contributed by atoms with Gasteiger partial charge in [0.1, 0.15) is 4.21 Å². The van der Waals surface area contributed by atoms with Crippen molar-refractivity contribution < 1.29 is 13.5 Å². The summed E-state index contributed by atoms with van der Waals surface area (Å²) in [6.45, 7) is 15.9. The summed E-state index contributed by atoms with van der Waals surface area (Å²) in [5, 5.41) is 10.4. The maximum Gasteiger partial charge on any atom is 0.185 e. The number of hydrogen-bond acceptors (Lipinski definition) is 4. The molecule has 0 saturated carbocycles. The predicted molar refractivity (Wildman–Crippen MR) is 93.6 cm³/mol. The summed E-state index contributed by atoms with van der Waals surface area (Å²) in [5.74, 6) is 0. The fraction of sp³-hybridized carbons (Fsp3) is 0.733. The third kappa shape index (κ3) is 4.18. The van der Waals surface area contributed by atoms with Crippen molar-refractivity contribution in [3.63, 3.8) is 0 Å². The lowest BCUT2D eigenvalue weighted by molar-refractivity contribution is 0.0783. The Labute approximate surface area is 134 Å². The molecule has 1 heterocycles. The van der Waals surface area contributed by atoms with Crippen molar-refractivity contribution in [3.05, 3.63) is 16.5 Å². The van der Waals surface area contributed by atoms with Crippen LogP contribution in [0.1, 0.15) is 45.1 Å². The van der Waals surface area contributed by atoms with Crippen LogP contribution in [-0.2, 0) is 15.4 Å². The predicted octanol–water partition coefficient (Wildman–Crippen LogP) is 4.11. The van der Waals surface area contributed by atoms with Crippen LogP contribution in [0.25, 0.3) is 0 Å². The van der Waals surface area contributed by atoms with Crippen LogP contribution in [0.3, 0.4) is 0 Å².